The lowest BCUT2D eigenvalue weighted by molar-refractivity contribution is -0.274. The van der Waals surface area contributed by atoms with E-state index in [0.717, 1.165) is 49.0 Å². The van der Waals surface area contributed by atoms with E-state index >= 15 is 0 Å². The monoisotopic (exact) mass is 649 g/mol. The number of alkyl halides is 3. The van der Waals surface area contributed by atoms with Gasteiger partial charge in [0.1, 0.15) is 18.6 Å². The first kappa shape index (κ1) is 33.8. The van der Waals surface area contributed by atoms with E-state index in [-0.39, 0.29) is 6.61 Å². The van der Waals surface area contributed by atoms with Gasteiger partial charge in [-0.05, 0) is 76.3 Å². The number of nitrogen functional groups attached to an aromatic ring is 1. The number of rotatable bonds is 9. The largest absolute Gasteiger partial charge is 0.573 e. The van der Waals surface area contributed by atoms with Gasteiger partial charge in [0.05, 0.1) is 34.6 Å². The van der Waals surface area contributed by atoms with E-state index in [9.17, 15) is 22.8 Å². The van der Waals surface area contributed by atoms with Crippen molar-refractivity contribution in [1.29, 1.82) is 0 Å². The predicted octanol–water partition coefficient (Wildman–Crippen LogP) is 6.69. The first-order chi connectivity index (χ1) is 21.1. The Morgan fingerprint density at radius 3 is 2.56 bits per heavy atom. The fourth-order valence-corrected chi connectivity index (χ4v) is 5.24. The van der Waals surface area contributed by atoms with E-state index in [4.69, 9.17) is 15.2 Å². The third-order valence-electron chi connectivity index (χ3n) is 7.08. The SMILES string of the molecule is CC(C)(C)C(=O)OCC(C)(NSC(=O)Nc1cccc(CN2C=CO/C2=C2/CCCCN2)c1N)c1cccc(OC(F)(F)F)c1. The lowest BCUT2D eigenvalue weighted by atomic mass is 9.93. The molecule has 244 valence electrons. The van der Waals surface area contributed by atoms with Crippen molar-refractivity contribution in [2.75, 3.05) is 24.2 Å². The summed E-state index contributed by atoms with van der Waals surface area (Å²) < 4.78 is 57.0. The van der Waals surface area contributed by atoms with Crippen LogP contribution in [0.2, 0.25) is 0 Å². The molecule has 4 rings (SSSR count). The van der Waals surface area contributed by atoms with Crippen molar-refractivity contribution in [3.8, 4) is 5.75 Å². The third kappa shape index (κ3) is 9.24. The number of nitrogens with one attached hydrogen (secondary N) is 3. The number of hydrogen-bond donors (Lipinski definition) is 4. The van der Waals surface area contributed by atoms with Crippen LogP contribution in [-0.2, 0) is 26.4 Å². The highest BCUT2D eigenvalue weighted by Crippen LogP contribution is 2.33. The van der Waals surface area contributed by atoms with Crippen molar-refractivity contribution in [1.82, 2.24) is 14.9 Å². The van der Waals surface area contributed by atoms with Crippen LogP contribution in [-0.4, -0.2) is 35.6 Å². The van der Waals surface area contributed by atoms with Crippen molar-refractivity contribution in [3.05, 3.63) is 77.6 Å². The van der Waals surface area contributed by atoms with Crippen molar-refractivity contribution in [2.45, 2.75) is 65.4 Å². The second kappa shape index (κ2) is 13.9. The zero-order valence-electron chi connectivity index (χ0n) is 25.5. The number of carbonyl (C=O) groups excluding carboxylic acids is 2. The molecule has 2 aromatic rings. The maximum absolute atomic E-state index is 13.1. The summed E-state index contributed by atoms with van der Waals surface area (Å²) in [5.41, 5.74) is 7.18. The summed E-state index contributed by atoms with van der Waals surface area (Å²) in [6.07, 6.45) is 1.61. The van der Waals surface area contributed by atoms with Gasteiger partial charge >= 0.3 is 12.3 Å². The van der Waals surface area contributed by atoms with Gasteiger partial charge in [-0.1, -0.05) is 24.3 Å². The molecule has 0 radical (unpaired) electrons. The van der Waals surface area contributed by atoms with Crippen molar-refractivity contribution < 1.29 is 37.0 Å². The molecule has 10 nitrogen and oxygen atoms in total. The summed E-state index contributed by atoms with van der Waals surface area (Å²) in [5.74, 6) is -0.251. The van der Waals surface area contributed by atoms with E-state index < -0.39 is 34.3 Å². The zero-order valence-corrected chi connectivity index (χ0v) is 26.4. The molecule has 2 aliphatic rings. The molecule has 2 aromatic carbocycles. The number of esters is 1. The summed E-state index contributed by atoms with van der Waals surface area (Å²) in [4.78, 5) is 27.6. The number of ether oxygens (including phenoxy) is 3. The Kier molecular flexibility index (Phi) is 10.5. The number of piperidine rings is 1. The summed E-state index contributed by atoms with van der Waals surface area (Å²) >= 11 is 0.651. The Morgan fingerprint density at radius 2 is 1.87 bits per heavy atom. The summed E-state index contributed by atoms with van der Waals surface area (Å²) in [6, 6.07) is 10.5. The van der Waals surface area contributed by atoms with Gasteiger partial charge < -0.3 is 35.5 Å². The molecule has 2 aliphatic heterocycles. The molecular weight excluding hydrogens is 611 g/mol. The van der Waals surface area contributed by atoms with Gasteiger partial charge in [0.15, 0.2) is 0 Å². The van der Waals surface area contributed by atoms with E-state index in [0.29, 0.717) is 35.4 Å². The number of nitrogens with zero attached hydrogens (tertiary/aromatic N) is 1. The van der Waals surface area contributed by atoms with Crippen molar-refractivity contribution in [3.63, 3.8) is 0 Å². The molecule has 14 heteroatoms. The minimum Gasteiger partial charge on any atom is -0.463 e. The van der Waals surface area contributed by atoms with E-state index in [2.05, 4.69) is 20.1 Å². The van der Waals surface area contributed by atoms with Crippen molar-refractivity contribution >= 4 is 34.5 Å². The molecular formula is C31H38F3N5O5S. The topological polar surface area (TPSA) is 127 Å². The fraction of sp³-hybridized carbons (Fsp3) is 0.419. The van der Waals surface area contributed by atoms with Gasteiger partial charge in [-0.2, -0.15) is 0 Å². The van der Waals surface area contributed by atoms with Gasteiger partial charge in [0, 0.05) is 24.7 Å². The van der Waals surface area contributed by atoms with Gasteiger partial charge in [0.25, 0.3) is 5.24 Å². The molecule has 0 spiro atoms. The van der Waals surface area contributed by atoms with E-state index in [1.807, 2.05) is 17.2 Å². The van der Waals surface area contributed by atoms with Crippen LogP contribution in [0.25, 0.3) is 0 Å². The van der Waals surface area contributed by atoms with Gasteiger partial charge in [-0.25, -0.2) is 4.72 Å². The number of anilines is 2. The second-order valence-corrected chi connectivity index (χ2v) is 12.7. The number of hydrogen-bond acceptors (Lipinski definition) is 10. The quantitative estimate of drug-likeness (QED) is 0.133. The maximum Gasteiger partial charge on any atom is 0.573 e. The highest BCUT2D eigenvalue weighted by molar-refractivity contribution is 8.12. The van der Waals surface area contributed by atoms with Gasteiger partial charge in [-0.15, -0.1) is 13.2 Å². The molecule has 5 N–H and O–H groups in total. The number of allylic oxidation sites excluding steroid dienone is 1. The molecule has 0 bridgehead atoms. The average Bonchev–Trinajstić information content (AvgIpc) is 3.44. The molecule has 1 unspecified atom stereocenters. The summed E-state index contributed by atoms with van der Waals surface area (Å²) in [5, 5.41) is 5.61. The maximum atomic E-state index is 13.1. The Morgan fingerprint density at radius 1 is 1.11 bits per heavy atom. The Hall–Kier alpha value is -4.04. The molecule has 1 atom stereocenters. The smallest absolute Gasteiger partial charge is 0.463 e. The van der Waals surface area contributed by atoms with E-state index in [1.54, 1.807) is 52.2 Å². The number of para-hydroxylation sites is 1. The molecule has 2 heterocycles. The first-order valence-electron chi connectivity index (χ1n) is 14.4. The van der Waals surface area contributed by atoms with Crippen LogP contribution in [0.15, 0.2) is 66.5 Å². The number of halogens is 3. The second-order valence-electron chi connectivity index (χ2n) is 11.9. The van der Waals surface area contributed by atoms with Crippen LogP contribution >= 0.6 is 11.9 Å². The van der Waals surface area contributed by atoms with Crippen LogP contribution in [0.5, 0.6) is 5.75 Å². The number of amides is 1. The lowest BCUT2D eigenvalue weighted by Gasteiger charge is -2.31. The fourth-order valence-electron chi connectivity index (χ4n) is 4.58. The minimum absolute atomic E-state index is 0.283. The molecule has 0 saturated carbocycles. The van der Waals surface area contributed by atoms with Crippen LogP contribution in [0, 0.1) is 5.41 Å². The van der Waals surface area contributed by atoms with E-state index in [1.165, 1.54) is 12.1 Å². The van der Waals surface area contributed by atoms with Crippen molar-refractivity contribution in [2.24, 2.45) is 5.41 Å². The van der Waals surface area contributed by atoms with Crippen LogP contribution in [0.3, 0.4) is 0 Å². The van der Waals surface area contributed by atoms with Gasteiger partial charge in [-0.3, -0.25) is 9.59 Å². The highest BCUT2D eigenvalue weighted by Gasteiger charge is 2.35. The number of nitrogens with two attached hydrogens (primary N) is 1. The average molecular weight is 650 g/mol. The third-order valence-corrected chi connectivity index (χ3v) is 7.92. The van der Waals surface area contributed by atoms with Gasteiger partial charge in [0.2, 0.25) is 5.88 Å². The van der Waals surface area contributed by atoms with Crippen LogP contribution < -0.4 is 25.8 Å². The summed E-state index contributed by atoms with van der Waals surface area (Å²) in [6.45, 7) is 7.64. The number of benzene rings is 2. The molecule has 0 aliphatic carbocycles. The standard InChI is InChI=1S/C31H38F3N5O5S/c1-29(2,3)27(40)43-19-30(4,21-10-8-11-22(17-21)44-31(32,33)34)38-45-28(41)37-23-13-7-9-20(25(23)35)18-39-15-16-42-26(39)24-12-5-6-14-36-24/h7-11,13,15-17,36,38H,5-6,12,14,18-19,35H2,1-4H3,(H,37,41)/b26-24-. The Balaban J connectivity index is 1.47. The predicted molar refractivity (Wildman–Crippen MR) is 166 cm³/mol. The first-order valence-corrected chi connectivity index (χ1v) is 15.2. The summed E-state index contributed by atoms with van der Waals surface area (Å²) in [7, 11) is 0. The Bertz CT molecular complexity index is 1450. The molecule has 0 aromatic heterocycles. The van der Waals surface area contributed by atoms with Crippen LogP contribution in [0.4, 0.5) is 29.3 Å². The lowest BCUT2D eigenvalue weighted by Crippen LogP contribution is -2.42. The normalized spacial score (nSPS) is 18.1. The Labute approximate surface area is 264 Å². The highest BCUT2D eigenvalue weighted by atomic mass is 32.2. The van der Waals surface area contributed by atoms with Crippen LogP contribution in [0.1, 0.15) is 58.1 Å². The zero-order chi connectivity index (χ0) is 32.8. The number of carbonyl (C=O) groups is 2. The molecule has 45 heavy (non-hydrogen) atoms. The minimum atomic E-state index is -4.90. The molecule has 1 fully saturated rings. The molecule has 1 amide bonds. The molecule has 1 saturated heterocycles.